The van der Waals surface area contributed by atoms with Crippen LogP contribution in [0.15, 0.2) is 0 Å². The van der Waals surface area contributed by atoms with Crippen molar-refractivity contribution < 1.29 is 4.79 Å². The van der Waals surface area contributed by atoms with Gasteiger partial charge in [-0.3, -0.25) is 4.79 Å². The number of hydrogen-bond donors (Lipinski definition) is 1. The van der Waals surface area contributed by atoms with Gasteiger partial charge in [0.05, 0.1) is 5.92 Å². The fourth-order valence-corrected chi connectivity index (χ4v) is 4.46. The number of primary amides is 1. The summed E-state index contributed by atoms with van der Waals surface area (Å²) in [6.07, 6.45) is 10.2. The summed E-state index contributed by atoms with van der Waals surface area (Å²) in [6.45, 7) is 3.16. The van der Waals surface area contributed by atoms with Gasteiger partial charge in [-0.2, -0.15) is 0 Å². The van der Waals surface area contributed by atoms with E-state index < -0.39 is 0 Å². The highest BCUT2D eigenvalue weighted by molar-refractivity contribution is 9.09. The first-order valence-corrected chi connectivity index (χ1v) is 8.85. The normalized spacial score (nSPS) is 28.8. The number of halogens is 1. The topological polar surface area (TPSA) is 46.3 Å². The highest BCUT2D eigenvalue weighted by Crippen LogP contribution is 2.38. The van der Waals surface area contributed by atoms with Gasteiger partial charge in [-0.15, -0.1) is 0 Å². The minimum atomic E-state index is -0.113. The van der Waals surface area contributed by atoms with Gasteiger partial charge in [-0.05, 0) is 37.6 Å². The molecule has 0 radical (unpaired) electrons. The van der Waals surface area contributed by atoms with Gasteiger partial charge in [-0.1, -0.05) is 41.6 Å². The van der Waals surface area contributed by atoms with Crippen molar-refractivity contribution >= 4 is 21.8 Å². The van der Waals surface area contributed by atoms with Crippen LogP contribution >= 0.6 is 15.9 Å². The number of carbonyl (C=O) groups excluding carboxylic acids is 1. The smallest absolute Gasteiger partial charge is 0.221 e. The predicted octanol–water partition coefficient (Wildman–Crippen LogP) is 2.92. The van der Waals surface area contributed by atoms with Crippen LogP contribution in [0.25, 0.3) is 0 Å². The number of likely N-dealkylation sites (tertiary alicyclic amines) is 1. The Balaban J connectivity index is 1.95. The van der Waals surface area contributed by atoms with Crippen molar-refractivity contribution in [2.24, 2.45) is 17.1 Å². The SMILES string of the molecule is NC(=O)C1CCCN(CC2(CBr)CCCCCC2)C1. The molecule has 1 unspecified atom stereocenters. The molecule has 2 fully saturated rings. The molecule has 0 bridgehead atoms. The molecule has 0 spiro atoms. The maximum atomic E-state index is 11.4. The molecule has 0 aromatic carbocycles. The van der Waals surface area contributed by atoms with E-state index in [0.717, 1.165) is 37.8 Å². The fourth-order valence-electron chi connectivity index (χ4n) is 3.72. The zero-order chi connectivity index (χ0) is 13.7. The average Bonchev–Trinajstić information content (AvgIpc) is 2.65. The first-order valence-electron chi connectivity index (χ1n) is 7.73. The van der Waals surface area contributed by atoms with E-state index in [-0.39, 0.29) is 11.8 Å². The molecular weight excluding hydrogens is 304 g/mol. The Kier molecular flexibility index (Phi) is 5.70. The van der Waals surface area contributed by atoms with Crippen LogP contribution in [0.1, 0.15) is 51.4 Å². The second-order valence-corrected chi connectivity index (χ2v) is 7.09. The van der Waals surface area contributed by atoms with Gasteiger partial charge in [0.1, 0.15) is 0 Å². The van der Waals surface area contributed by atoms with E-state index in [9.17, 15) is 4.79 Å². The van der Waals surface area contributed by atoms with Gasteiger partial charge in [-0.25, -0.2) is 0 Å². The molecule has 19 heavy (non-hydrogen) atoms. The van der Waals surface area contributed by atoms with E-state index >= 15 is 0 Å². The second kappa shape index (κ2) is 7.07. The van der Waals surface area contributed by atoms with Gasteiger partial charge >= 0.3 is 0 Å². The molecule has 4 heteroatoms. The highest BCUT2D eigenvalue weighted by Gasteiger charge is 2.34. The Morgan fingerprint density at radius 3 is 2.47 bits per heavy atom. The zero-order valence-electron chi connectivity index (χ0n) is 11.9. The lowest BCUT2D eigenvalue weighted by atomic mass is 9.81. The van der Waals surface area contributed by atoms with Crippen LogP contribution in [0.4, 0.5) is 0 Å². The third kappa shape index (κ3) is 4.19. The van der Waals surface area contributed by atoms with E-state index in [0.29, 0.717) is 5.41 Å². The van der Waals surface area contributed by atoms with Crippen molar-refractivity contribution in [1.82, 2.24) is 4.90 Å². The highest BCUT2D eigenvalue weighted by atomic mass is 79.9. The van der Waals surface area contributed by atoms with Crippen molar-refractivity contribution in [3.63, 3.8) is 0 Å². The molecule has 1 aliphatic heterocycles. The number of nitrogens with zero attached hydrogens (tertiary/aromatic N) is 1. The predicted molar refractivity (Wildman–Crippen MR) is 82.3 cm³/mol. The lowest BCUT2D eigenvalue weighted by Crippen LogP contribution is -2.46. The first kappa shape index (κ1) is 15.3. The second-order valence-electron chi connectivity index (χ2n) is 6.52. The number of hydrogen-bond acceptors (Lipinski definition) is 2. The Morgan fingerprint density at radius 1 is 1.21 bits per heavy atom. The minimum Gasteiger partial charge on any atom is -0.369 e. The van der Waals surface area contributed by atoms with Crippen LogP contribution in [-0.2, 0) is 4.79 Å². The van der Waals surface area contributed by atoms with Crippen LogP contribution in [-0.4, -0.2) is 35.8 Å². The summed E-state index contributed by atoms with van der Waals surface area (Å²) in [6, 6.07) is 0. The van der Waals surface area contributed by atoms with Gasteiger partial charge in [0, 0.05) is 18.4 Å². The van der Waals surface area contributed by atoms with Crippen LogP contribution in [0.2, 0.25) is 0 Å². The third-order valence-electron chi connectivity index (χ3n) is 4.91. The van der Waals surface area contributed by atoms with Crippen LogP contribution < -0.4 is 5.73 Å². The number of carbonyl (C=O) groups is 1. The summed E-state index contributed by atoms with van der Waals surface area (Å²) in [5.41, 5.74) is 5.90. The maximum absolute atomic E-state index is 11.4. The first-order chi connectivity index (χ1) is 9.15. The van der Waals surface area contributed by atoms with E-state index in [1.807, 2.05) is 0 Å². The van der Waals surface area contributed by atoms with Crippen LogP contribution in [0.5, 0.6) is 0 Å². The zero-order valence-corrected chi connectivity index (χ0v) is 13.5. The lowest BCUT2D eigenvalue weighted by molar-refractivity contribution is -0.123. The van der Waals surface area contributed by atoms with Crippen LogP contribution in [0, 0.1) is 11.3 Å². The molecule has 1 heterocycles. The summed E-state index contributed by atoms with van der Waals surface area (Å²) in [5, 5.41) is 1.09. The molecule has 1 amide bonds. The van der Waals surface area contributed by atoms with E-state index in [4.69, 9.17) is 5.73 Å². The summed E-state index contributed by atoms with van der Waals surface area (Å²) >= 11 is 3.76. The van der Waals surface area contributed by atoms with E-state index in [1.165, 1.54) is 38.5 Å². The lowest BCUT2D eigenvalue weighted by Gasteiger charge is -2.40. The minimum absolute atomic E-state index is 0.0758. The van der Waals surface area contributed by atoms with Crippen molar-refractivity contribution in [2.75, 3.05) is 25.0 Å². The number of alkyl halides is 1. The summed E-state index contributed by atoms with van der Waals surface area (Å²) in [7, 11) is 0. The summed E-state index contributed by atoms with van der Waals surface area (Å²) in [5.74, 6) is -0.0367. The Hall–Kier alpha value is -0.0900. The molecule has 1 saturated heterocycles. The standard InChI is InChI=1S/C15H27BrN2O/c16-11-15(7-3-1-2-4-8-15)12-18-9-5-6-13(10-18)14(17)19/h13H,1-12H2,(H2,17,19). The fraction of sp³-hybridized carbons (Fsp3) is 0.933. The molecule has 110 valence electrons. The molecule has 0 aromatic rings. The van der Waals surface area contributed by atoms with Gasteiger partial charge < -0.3 is 10.6 Å². The summed E-state index contributed by atoms with van der Waals surface area (Å²) in [4.78, 5) is 13.9. The third-order valence-corrected chi connectivity index (χ3v) is 6.10. The Labute approximate surface area is 125 Å². The number of rotatable bonds is 4. The summed E-state index contributed by atoms with van der Waals surface area (Å²) < 4.78 is 0. The molecule has 2 aliphatic rings. The Morgan fingerprint density at radius 2 is 1.89 bits per heavy atom. The van der Waals surface area contributed by atoms with Crippen molar-refractivity contribution in [2.45, 2.75) is 51.4 Å². The van der Waals surface area contributed by atoms with Crippen molar-refractivity contribution in [1.29, 1.82) is 0 Å². The monoisotopic (exact) mass is 330 g/mol. The van der Waals surface area contributed by atoms with Crippen molar-refractivity contribution in [3.8, 4) is 0 Å². The molecule has 2 rings (SSSR count). The van der Waals surface area contributed by atoms with Crippen LogP contribution in [0.3, 0.4) is 0 Å². The molecule has 2 N–H and O–H groups in total. The van der Waals surface area contributed by atoms with E-state index in [1.54, 1.807) is 0 Å². The number of nitrogens with two attached hydrogens (primary N) is 1. The molecule has 1 saturated carbocycles. The molecule has 1 aliphatic carbocycles. The van der Waals surface area contributed by atoms with Gasteiger partial charge in [0.2, 0.25) is 5.91 Å². The van der Waals surface area contributed by atoms with Gasteiger partial charge in [0.15, 0.2) is 0 Å². The molecular formula is C15H27BrN2O. The molecule has 1 atom stereocenters. The van der Waals surface area contributed by atoms with Gasteiger partial charge in [0.25, 0.3) is 0 Å². The van der Waals surface area contributed by atoms with Crippen molar-refractivity contribution in [3.05, 3.63) is 0 Å². The molecule has 0 aromatic heterocycles. The number of piperidine rings is 1. The van der Waals surface area contributed by atoms with E-state index in [2.05, 4.69) is 20.8 Å². The number of amides is 1. The molecule has 3 nitrogen and oxygen atoms in total. The Bertz CT molecular complexity index is 301. The quantitative estimate of drug-likeness (QED) is 0.636. The maximum Gasteiger partial charge on any atom is 0.221 e. The largest absolute Gasteiger partial charge is 0.369 e. The average molecular weight is 331 g/mol.